The van der Waals surface area contributed by atoms with Crippen molar-refractivity contribution < 1.29 is 9.21 Å². The summed E-state index contributed by atoms with van der Waals surface area (Å²) >= 11 is 0. The van der Waals surface area contributed by atoms with Gasteiger partial charge in [0.2, 0.25) is 5.89 Å². The molecule has 0 N–H and O–H groups in total. The van der Waals surface area contributed by atoms with Crippen molar-refractivity contribution >= 4 is 17.4 Å². The Morgan fingerprint density at radius 1 is 1.12 bits per heavy atom. The quantitative estimate of drug-likeness (QED) is 0.628. The van der Waals surface area contributed by atoms with Gasteiger partial charge in [-0.05, 0) is 30.3 Å². The summed E-state index contributed by atoms with van der Waals surface area (Å²) in [5, 5.41) is 0. The van der Waals surface area contributed by atoms with Gasteiger partial charge in [-0.15, -0.1) is 0 Å². The third-order valence-corrected chi connectivity index (χ3v) is 2.47. The molecule has 1 aromatic carbocycles. The van der Waals surface area contributed by atoms with Crippen molar-refractivity contribution in [2.45, 2.75) is 0 Å². The number of benzene rings is 1. The molecule has 0 aliphatic heterocycles. The summed E-state index contributed by atoms with van der Waals surface area (Å²) < 4.78 is 5.60. The van der Waals surface area contributed by atoms with E-state index in [2.05, 4.69) is 9.97 Å². The zero-order valence-corrected chi connectivity index (χ0v) is 8.83. The van der Waals surface area contributed by atoms with Gasteiger partial charge in [0.25, 0.3) is 0 Å². The lowest BCUT2D eigenvalue weighted by atomic mass is 10.2. The Hall–Kier alpha value is -2.49. The van der Waals surface area contributed by atoms with Gasteiger partial charge < -0.3 is 4.42 Å². The first-order chi connectivity index (χ1) is 8.36. The minimum Gasteiger partial charge on any atom is -0.436 e. The van der Waals surface area contributed by atoms with Crippen LogP contribution in [-0.4, -0.2) is 16.3 Å². The van der Waals surface area contributed by atoms with Crippen LogP contribution in [0.5, 0.6) is 0 Å². The van der Waals surface area contributed by atoms with Crippen LogP contribution in [0.25, 0.3) is 22.6 Å². The average Bonchev–Trinajstić information content (AvgIpc) is 2.82. The van der Waals surface area contributed by atoms with E-state index in [-0.39, 0.29) is 0 Å². The Kier molecular flexibility index (Phi) is 2.19. The first-order valence-electron chi connectivity index (χ1n) is 5.13. The minimum atomic E-state index is 0.533. The highest BCUT2D eigenvalue weighted by atomic mass is 16.3. The van der Waals surface area contributed by atoms with Gasteiger partial charge in [0.1, 0.15) is 11.8 Å². The Balaban J connectivity index is 2.17. The van der Waals surface area contributed by atoms with Gasteiger partial charge in [-0.1, -0.05) is 0 Å². The molecule has 0 unspecified atom stereocenters. The number of fused-ring (bicyclic) bond motifs is 1. The van der Waals surface area contributed by atoms with Crippen molar-refractivity contribution in [3.8, 4) is 11.5 Å². The maximum atomic E-state index is 10.7. The highest BCUT2D eigenvalue weighted by molar-refractivity contribution is 5.84. The molecule has 0 atom stereocenters. The molecule has 4 heteroatoms. The van der Waals surface area contributed by atoms with Crippen LogP contribution in [0.15, 0.2) is 47.1 Å². The topological polar surface area (TPSA) is 56.0 Å². The Labute approximate surface area is 96.9 Å². The van der Waals surface area contributed by atoms with Gasteiger partial charge in [-0.3, -0.25) is 9.78 Å². The molecular formula is C13H8N2O2. The van der Waals surface area contributed by atoms with Crippen LogP contribution in [0.1, 0.15) is 10.4 Å². The molecule has 0 saturated carbocycles. The number of carbonyl (C=O) groups is 1. The van der Waals surface area contributed by atoms with Crippen molar-refractivity contribution in [2.24, 2.45) is 0 Å². The van der Waals surface area contributed by atoms with E-state index < -0.39 is 0 Å². The lowest BCUT2D eigenvalue weighted by molar-refractivity contribution is 0.112. The van der Waals surface area contributed by atoms with E-state index >= 15 is 0 Å². The Morgan fingerprint density at radius 2 is 1.94 bits per heavy atom. The molecule has 0 spiro atoms. The van der Waals surface area contributed by atoms with Crippen LogP contribution in [0, 0.1) is 0 Å². The third kappa shape index (κ3) is 1.69. The van der Waals surface area contributed by atoms with Gasteiger partial charge in [-0.2, -0.15) is 0 Å². The van der Waals surface area contributed by atoms with Gasteiger partial charge in [0.15, 0.2) is 5.58 Å². The van der Waals surface area contributed by atoms with E-state index in [1.165, 1.54) is 0 Å². The number of aldehydes is 1. The summed E-state index contributed by atoms with van der Waals surface area (Å²) in [6.07, 6.45) is 4.16. The fraction of sp³-hybridized carbons (Fsp3) is 0. The zero-order chi connectivity index (χ0) is 11.7. The SMILES string of the molecule is O=Cc1ccc2oc(-c3ccncc3)nc2c1. The molecule has 0 aliphatic rings. The molecule has 82 valence electrons. The number of rotatable bonds is 2. The van der Waals surface area contributed by atoms with Crippen LogP contribution in [0.4, 0.5) is 0 Å². The number of aromatic nitrogens is 2. The molecule has 3 aromatic rings. The Bertz CT molecular complexity index is 674. The lowest BCUT2D eigenvalue weighted by Crippen LogP contribution is -1.78. The predicted molar refractivity (Wildman–Crippen MR) is 62.6 cm³/mol. The molecular weight excluding hydrogens is 216 g/mol. The number of hydrogen-bond acceptors (Lipinski definition) is 4. The first kappa shape index (κ1) is 9.72. The maximum Gasteiger partial charge on any atom is 0.227 e. The van der Waals surface area contributed by atoms with Crippen molar-refractivity contribution in [1.29, 1.82) is 0 Å². The summed E-state index contributed by atoms with van der Waals surface area (Å²) in [4.78, 5) is 18.9. The standard InChI is InChI=1S/C13H8N2O2/c16-8-9-1-2-12-11(7-9)15-13(17-12)10-3-5-14-6-4-10/h1-8H. The van der Waals surface area contributed by atoms with Crippen LogP contribution < -0.4 is 0 Å². The second-order valence-corrected chi connectivity index (χ2v) is 3.60. The number of pyridine rings is 1. The number of carbonyl (C=O) groups excluding carboxylic acids is 1. The van der Waals surface area contributed by atoms with Crippen molar-refractivity contribution in [3.05, 3.63) is 48.3 Å². The summed E-state index contributed by atoms with van der Waals surface area (Å²) in [5.41, 5.74) is 2.81. The van der Waals surface area contributed by atoms with E-state index in [0.717, 1.165) is 11.8 Å². The minimum absolute atomic E-state index is 0.533. The smallest absolute Gasteiger partial charge is 0.227 e. The van der Waals surface area contributed by atoms with E-state index in [1.807, 2.05) is 12.1 Å². The third-order valence-electron chi connectivity index (χ3n) is 2.47. The van der Waals surface area contributed by atoms with Gasteiger partial charge in [-0.25, -0.2) is 4.98 Å². The largest absolute Gasteiger partial charge is 0.436 e. The van der Waals surface area contributed by atoms with E-state index in [0.29, 0.717) is 22.6 Å². The van der Waals surface area contributed by atoms with E-state index in [9.17, 15) is 4.79 Å². The molecule has 0 amide bonds. The fourth-order valence-corrected chi connectivity index (χ4v) is 1.64. The second-order valence-electron chi connectivity index (χ2n) is 3.60. The highest BCUT2D eigenvalue weighted by Gasteiger charge is 2.07. The molecule has 0 aliphatic carbocycles. The van der Waals surface area contributed by atoms with Gasteiger partial charge in [0, 0.05) is 23.5 Å². The molecule has 2 heterocycles. The summed E-state index contributed by atoms with van der Waals surface area (Å²) in [7, 11) is 0. The summed E-state index contributed by atoms with van der Waals surface area (Å²) in [6.45, 7) is 0. The van der Waals surface area contributed by atoms with E-state index in [1.54, 1.807) is 30.6 Å². The average molecular weight is 224 g/mol. The molecule has 0 bridgehead atoms. The molecule has 17 heavy (non-hydrogen) atoms. The molecule has 4 nitrogen and oxygen atoms in total. The normalized spacial score (nSPS) is 10.6. The van der Waals surface area contributed by atoms with Gasteiger partial charge in [0.05, 0.1) is 0 Å². The molecule has 0 saturated heterocycles. The van der Waals surface area contributed by atoms with Crippen molar-refractivity contribution in [1.82, 2.24) is 9.97 Å². The second kappa shape index (κ2) is 3.83. The summed E-state index contributed by atoms with van der Waals surface area (Å²) in [5.74, 6) is 0.533. The Morgan fingerprint density at radius 3 is 2.71 bits per heavy atom. The number of hydrogen-bond donors (Lipinski definition) is 0. The van der Waals surface area contributed by atoms with Crippen LogP contribution >= 0.6 is 0 Å². The zero-order valence-electron chi connectivity index (χ0n) is 8.83. The van der Waals surface area contributed by atoms with Gasteiger partial charge >= 0.3 is 0 Å². The predicted octanol–water partition coefficient (Wildman–Crippen LogP) is 2.70. The molecule has 3 rings (SSSR count). The van der Waals surface area contributed by atoms with Crippen molar-refractivity contribution in [2.75, 3.05) is 0 Å². The molecule has 2 aromatic heterocycles. The molecule has 0 fully saturated rings. The van der Waals surface area contributed by atoms with Crippen LogP contribution in [0.3, 0.4) is 0 Å². The lowest BCUT2D eigenvalue weighted by Gasteiger charge is -1.91. The molecule has 0 radical (unpaired) electrons. The maximum absolute atomic E-state index is 10.7. The summed E-state index contributed by atoms with van der Waals surface area (Å²) in [6, 6.07) is 8.81. The number of oxazole rings is 1. The number of nitrogens with zero attached hydrogens (tertiary/aromatic N) is 2. The highest BCUT2D eigenvalue weighted by Crippen LogP contribution is 2.23. The van der Waals surface area contributed by atoms with Crippen LogP contribution in [-0.2, 0) is 0 Å². The van der Waals surface area contributed by atoms with Crippen LogP contribution in [0.2, 0.25) is 0 Å². The monoisotopic (exact) mass is 224 g/mol. The fourth-order valence-electron chi connectivity index (χ4n) is 1.64. The van der Waals surface area contributed by atoms with E-state index in [4.69, 9.17) is 4.42 Å². The van der Waals surface area contributed by atoms with Crippen molar-refractivity contribution in [3.63, 3.8) is 0 Å². The first-order valence-corrected chi connectivity index (χ1v) is 5.13.